The van der Waals surface area contributed by atoms with Gasteiger partial charge in [0.25, 0.3) is 20.1 Å². The van der Waals surface area contributed by atoms with Crippen molar-refractivity contribution in [3.05, 3.63) is 291 Å². The van der Waals surface area contributed by atoms with Gasteiger partial charge in [-0.15, -0.1) is 0 Å². The summed E-state index contributed by atoms with van der Waals surface area (Å²) < 4.78 is 29.1. The molecule has 13 aromatic carbocycles. The Labute approximate surface area is 535 Å². The van der Waals surface area contributed by atoms with Crippen LogP contribution in [0.3, 0.4) is 0 Å². The smallest absolute Gasteiger partial charge is 0.260 e. The van der Waals surface area contributed by atoms with E-state index in [2.05, 4.69) is 330 Å². The zero-order chi connectivity index (χ0) is 60.7. The lowest BCUT2D eigenvalue weighted by Crippen LogP contribution is -2.65. The van der Waals surface area contributed by atoms with Crippen LogP contribution in [-0.4, -0.2) is 34.2 Å². The number of rotatable bonds is 9. The van der Waals surface area contributed by atoms with E-state index in [0.717, 1.165) is 158 Å². The number of ether oxygens (including phenoxy) is 4. The van der Waals surface area contributed by atoms with Crippen molar-refractivity contribution < 1.29 is 18.9 Å². The van der Waals surface area contributed by atoms with E-state index in [1.165, 1.54) is 10.9 Å². The van der Waals surface area contributed by atoms with Gasteiger partial charge in [-0.3, -0.25) is 0 Å². The fourth-order valence-electron chi connectivity index (χ4n) is 15.4. The van der Waals surface area contributed by atoms with E-state index in [-0.39, 0.29) is 20.1 Å². The van der Waals surface area contributed by atoms with E-state index in [1.54, 1.807) is 0 Å². The second-order valence-corrected chi connectivity index (χ2v) is 24.4. The topological polar surface area (TPSA) is 53.1 Å². The first-order chi connectivity index (χ1) is 45.5. The van der Waals surface area contributed by atoms with E-state index < -0.39 is 0 Å². The highest BCUT2D eigenvalue weighted by atomic mass is 16.5. The normalized spacial score (nSPS) is 13.3. The second kappa shape index (κ2) is 20.4. The third kappa shape index (κ3) is 7.96. The highest BCUT2D eigenvalue weighted by molar-refractivity contribution is 7.03. The zero-order valence-electron chi connectivity index (χ0n) is 50.3. The monoisotopic (exact) mass is 1180 g/mol. The molecule has 6 aliphatic rings. The molecule has 0 radical (unpaired) electrons. The van der Waals surface area contributed by atoms with Crippen LogP contribution in [0.5, 0.6) is 46.0 Å². The Kier molecular flexibility index (Phi) is 11.6. The standard InChI is InChI=1S/C80H54B3N5O4/c1-84-66-49-67-63(47-62(66)81-60-37-21-23-39-70(60)89-74-43-57(41-68(84)78(74)81)86(51-25-9-3-10-26-51)52-27-11-4-12-28-52)83-65-48-64-72(50-73(65)91-75-44-58(42-69(79(75)83)85(67)2)87(53-29-13-5-14-30-53)54-31-15-6-16-32-54)92-77-46-59(45-76-80(77)82(64)61-38-22-24-40-71(61)90-76)88(55-33-17-7-18-34-55)56-35-19-8-20-36-56/h3-50H,1-2H3. The van der Waals surface area contributed by atoms with Crippen molar-refractivity contribution in [2.45, 2.75) is 0 Å². The molecule has 19 rings (SSSR count). The summed E-state index contributed by atoms with van der Waals surface area (Å²) in [7, 11) is 4.45. The van der Waals surface area contributed by atoms with Crippen molar-refractivity contribution in [1.29, 1.82) is 0 Å². The summed E-state index contributed by atoms with van der Waals surface area (Å²) in [4.78, 5) is 11.7. The van der Waals surface area contributed by atoms with Crippen molar-refractivity contribution >= 4 is 143 Å². The maximum atomic E-state index is 7.55. The summed E-state index contributed by atoms with van der Waals surface area (Å²) >= 11 is 0. The Morgan fingerprint density at radius 1 is 0.217 bits per heavy atom. The van der Waals surface area contributed by atoms with Crippen LogP contribution >= 0.6 is 0 Å². The highest BCUT2D eigenvalue weighted by Gasteiger charge is 2.49. The lowest BCUT2D eigenvalue weighted by Gasteiger charge is -2.43. The molecule has 0 fully saturated rings. The van der Waals surface area contributed by atoms with Crippen LogP contribution in [0.4, 0.5) is 73.9 Å². The molecular weight excluding hydrogens is 1130 g/mol. The molecule has 6 heterocycles. The molecule has 9 nitrogen and oxygen atoms in total. The fourth-order valence-corrected chi connectivity index (χ4v) is 15.4. The van der Waals surface area contributed by atoms with E-state index >= 15 is 0 Å². The van der Waals surface area contributed by atoms with Crippen molar-refractivity contribution in [1.82, 2.24) is 0 Å². The molecule has 0 atom stereocenters. The largest absolute Gasteiger partial charge is 0.458 e. The van der Waals surface area contributed by atoms with E-state index in [0.29, 0.717) is 0 Å². The molecule has 12 heteroatoms. The average molecular weight is 1180 g/mol. The predicted octanol–water partition coefficient (Wildman–Crippen LogP) is 14.2. The number of para-hydroxylation sites is 8. The van der Waals surface area contributed by atoms with Crippen LogP contribution in [0.15, 0.2) is 291 Å². The lowest BCUT2D eigenvalue weighted by molar-refractivity contribution is 0.456. The minimum absolute atomic E-state index is 0.147. The first-order valence-electron chi connectivity index (χ1n) is 31.4. The summed E-state index contributed by atoms with van der Waals surface area (Å²) in [6.07, 6.45) is 0. The molecule has 0 N–H and O–H groups in total. The second-order valence-electron chi connectivity index (χ2n) is 24.4. The van der Waals surface area contributed by atoms with Crippen LogP contribution in [0.1, 0.15) is 0 Å². The Balaban J connectivity index is 0.829. The molecule has 0 saturated heterocycles. The van der Waals surface area contributed by atoms with Gasteiger partial charge in [0.2, 0.25) is 0 Å². The molecule has 0 amide bonds. The fraction of sp³-hybridized carbons (Fsp3) is 0.0250. The maximum Gasteiger partial charge on any atom is 0.260 e. The Morgan fingerprint density at radius 2 is 0.500 bits per heavy atom. The first-order valence-corrected chi connectivity index (χ1v) is 31.4. The van der Waals surface area contributed by atoms with Crippen LogP contribution in [-0.2, 0) is 0 Å². The van der Waals surface area contributed by atoms with Gasteiger partial charge in [0, 0.05) is 107 Å². The Hall–Kier alpha value is -11.7. The lowest BCUT2D eigenvalue weighted by atomic mass is 9.30. The molecule has 6 aliphatic heterocycles. The summed E-state index contributed by atoms with van der Waals surface area (Å²) in [5, 5.41) is 0. The third-order valence-corrected chi connectivity index (χ3v) is 19.4. The van der Waals surface area contributed by atoms with Crippen LogP contribution in [0.2, 0.25) is 0 Å². The van der Waals surface area contributed by atoms with Gasteiger partial charge in [-0.05, 0) is 147 Å². The minimum atomic E-state index is -0.265. The molecular formula is C80H54B3N5O4. The van der Waals surface area contributed by atoms with Gasteiger partial charge >= 0.3 is 0 Å². The number of benzene rings is 13. The van der Waals surface area contributed by atoms with Crippen LogP contribution in [0.25, 0.3) is 0 Å². The summed E-state index contributed by atoms with van der Waals surface area (Å²) in [5.74, 6) is 6.28. The van der Waals surface area contributed by atoms with E-state index in [9.17, 15) is 0 Å². The maximum absolute atomic E-state index is 7.55. The predicted molar refractivity (Wildman–Crippen MR) is 380 cm³/mol. The van der Waals surface area contributed by atoms with Gasteiger partial charge < -0.3 is 43.4 Å². The molecule has 92 heavy (non-hydrogen) atoms. The number of anilines is 13. The van der Waals surface area contributed by atoms with Crippen LogP contribution in [0, 0.1) is 0 Å². The molecule has 0 saturated carbocycles. The number of nitrogens with zero attached hydrogens (tertiary/aromatic N) is 5. The van der Waals surface area contributed by atoms with Gasteiger partial charge in [-0.2, -0.15) is 0 Å². The summed E-state index contributed by atoms with van der Waals surface area (Å²) in [6.45, 7) is -0.630. The molecule has 0 bridgehead atoms. The molecule has 0 aromatic heterocycles. The summed E-state index contributed by atoms with van der Waals surface area (Å²) in [6, 6.07) is 104. The van der Waals surface area contributed by atoms with Crippen molar-refractivity contribution in [3.63, 3.8) is 0 Å². The first kappa shape index (κ1) is 52.2. The molecule has 432 valence electrons. The Bertz CT molecular complexity index is 5030. The van der Waals surface area contributed by atoms with E-state index in [1.807, 2.05) is 0 Å². The molecule has 0 spiro atoms. The van der Waals surface area contributed by atoms with Gasteiger partial charge in [0.1, 0.15) is 46.0 Å². The number of hydrogen-bond acceptors (Lipinski definition) is 9. The number of hydrogen-bond donors (Lipinski definition) is 0. The van der Waals surface area contributed by atoms with Crippen molar-refractivity contribution in [2.75, 3.05) is 38.6 Å². The summed E-state index contributed by atoms with van der Waals surface area (Å²) in [5.41, 5.74) is 23.5. The van der Waals surface area contributed by atoms with Gasteiger partial charge in [-0.25, -0.2) is 0 Å². The van der Waals surface area contributed by atoms with E-state index in [4.69, 9.17) is 18.9 Å². The average Bonchev–Trinajstić information content (AvgIpc) is 0.703. The molecule has 0 unspecified atom stereocenters. The molecule has 13 aromatic rings. The molecule has 0 aliphatic carbocycles. The van der Waals surface area contributed by atoms with Gasteiger partial charge in [-0.1, -0.05) is 158 Å². The third-order valence-electron chi connectivity index (χ3n) is 19.4. The van der Waals surface area contributed by atoms with Crippen LogP contribution < -0.4 is 92.6 Å². The minimum Gasteiger partial charge on any atom is -0.458 e. The zero-order valence-corrected chi connectivity index (χ0v) is 50.3. The number of fused-ring (bicyclic) bond motifs is 12. The van der Waals surface area contributed by atoms with Gasteiger partial charge in [0.15, 0.2) is 0 Å². The quantitative estimate of drug-likeness (QED) is 0.132. The highest BCUT2D eigenvalue weighted by Crippen LogP contribution is 2.49. The van der Waals surface area contributed by atoms with Crippen molar-refractivity contribution in [2.24, 2.45) is 0 Å². The van der Waals surface area contributed by atoms with Crippen molar-refractivity contribution in [3.8, 4) is 46.0 Å². The van der Waals surface area contributed by atoms with Gasteiger partial charge in [0.05, 0.1) is 17.1 Å². The Morgan fingerprint density at radius 3 is 0.870 bits per heavy atom. The SMILES string of the molecule is CN1c2cc3c(cc2B2c4ccccc4Oc4cc(N(c5ccccc5)c5ccccc5)cc1c42)B1c2cc4c(cc2Oc2cc(N(c5ccccc5)c5ccccc5)cc(c21)N3C)Oc1cc(N(c2ccccc2)c2ccccc2)cc2c1B4c1ccccc1O2.